The SMILES string of the molecule is CCC1CC2CC(C1)C2.CCC1CCCC1.CCC1CO1. The average Bonchev–Trinajstić information content (AvgIpc) is 3.21. The Morgan fingerprint density at radius 1 is 0.714 bits per heavy atom. The van der Waals surface area contributed by atoms with Crippen LogP contribution < -0.4 is 0 Å². The van der Waals surface area contributed by atoms with E-state index in [1.807, 2.05) is 0 Å². The molecular weight excluding hydrogens is 256 g/mol. The molecule has 1 unspecified atom stereocenters. The molecular formula is C20H38O. The van der Waals surface area contributed by atoms with Crippen LogP contribution in [0.4, 0.5) is 0 Å². The lowest BCUT2D eigenvalue weighted by Gasteiger charge is -2.45. The summed E-state index contributed by atoms with van der Waals surface area (Å²) in [4.78, 5) is 0. The van der Waals surface area contributed by atoms with Crippen LogP contribution in [0.25, 0.3) is 0 Å². The smallest absolute Gasteiger partial charge is 0.0807 e. The molecule has 1 heteroatoms. The predicted octanol–water partition coefficient (Wildman–Crippen LogP) is 6.21. The van der Waals surface area contributed by atoms with Crippen LogP contribution >= 0.6 is 0 Å². The van der Waals surface area contributed by atoms with Gasteiger partial charge in [0.05, 0.1) is 12.7 Å². The van der Waals surface area contributed by atoms with Crippen molar-refractivity contribution in [3.05, 3.63) is 0 Å². The Kier molecular flexibility index (Phi) is 7.57. The lowest BCUT2D eigenvalue weighted by Crippen LogP contribution is -2.33. The number of ether oxygens (including phenoxy) is 1. The second kappa shape index (κ2) is 9.18. The van der Waals surface area contributed by atoms with E-state index in [4.69, 9.17) is 4.74 Å². The van der Waals surface area contributed by atoms with Gasteiger partial charge in [-0.05, 0) is 55.8 Å². The third kappa shape index (κ3) is 6.30. The van der Waals surface area contributed by atoms with Crippen molar-refractivity contribution in [3.8, 4) is 0 Å². The van der Waals surface area contributed by atoms with E-state index in [2.05, 4.69) is 20.8 Å². The molecule has 1 aliphatic heterocycles. The highest BCUT2D eigenvalue weighted by molar-refractivity contribution is 4.88. The quantitative estimate of drug-likeness (QED) is 0.563. The Morgan fingerprint density at radius 2 is 1.24 bits per heavy atom. The van der Waals surface area contributed by atoms with Gasteiger partial charge in [-0.2, -0.15) is 0 Å². The first-order chi connectivity index (χ1) is 10.2. The van der Waals surface area contributed by atoms with Crippen molar-refractivity contribution in [1.82, 2.24) is 0 Å². The summed E-state index contributed by atoms with van der Waals surface area (Å²) < 4.78 is 4.86. The molecule has 5 rings (SSSR count). The van der Waals surface area contributed by atoms with E-state index < -0.39 is 0 Å². The van der Waals surface area contributed by atoms with Gasteiger partial charge in [0.1, 0.15) is 0 Å². The zero-order valence-corrected chi connectivity index (χ0v) is 14.8. The van der Waals surface area contributed by atoms with E-state index in [-0.39, 0.29) is 0 Å². The third-order valence-electron chi connectivity index (χ3n) is 6.15. The molecule has 1 nitrogen and oxygen atoms in total. The van der Waals surface area contributed by atoms with Gasteiger partial charge in [0.25, 0.3) is 0 Å². The zero-order chi connectivity index (χ0) is 15.1. The highest BCUT2D eigenvalue weighted by Gasteiger charge is 2.36. The molecule has 0 spiro atoms. The topological polar surface area (TPSA) is 12.5 Å². The molecule has 0 amide bonds. The maximum absolute atomic E-state index is 4.86. The standard InChI is InChI=1S/C9H16.C7H14.C4H8O/c1-2-7-3-8-5-9(4-7)6-8;1-2-7-5-3-4-6-7;1-2-4-3-5-4/h7-9H,2-6H2,1H3;7H,2-6H2,1H3;4H,2-3H2,1H3. The highest BCUT2D eigenvalue weighted by Crippen LogP contribution is 2.48. The van der Waals surface area contributed by atoms with Crippen molar-refractivity contribution in [2.24, 2.45) is 23.7 Å². The molecule has 5 aliphatic rings. The highest BCUT2D eigenvalue weighted by atomic mass is 16.6. The Balaban J connectivity index is 0.000000121. The minimum Gasteiger partial charge on any atom is -0.373 e. The molecule has 1 saturated heterocycles. The molecule has 5 fully saturated rings. The minimum absolute atomic E-state index is 0.634. The number of epoxide rings is 1. The molecule has 0 aromatic rings. The van der Waals surface area contributed by atoms with E-state index in [1.165, 1.54) is 44.9 Å². The number of rotatable bonds is 3. The van der Waals surface area contributed by atoms with Gasteiger partial charge >= 0.3 is 0 Å². The lowest BCUT2D eigenvalue weighted by atomic mass is 9.61. The van der Waals surface area contributed by atoms with Crippen LogP contribution in [-0.4, -0.2) is 12.7 Å². The van der Waals surface area contributed by atoms with Crippen molar-refractivity contribution in [2.45, 2.75) is 97.5 Å². The van der Waals surface area contributed by atoms with Gasteiger partial charge < -0.3 is 4.74 Å². The van der Waals surface area contributed by atoms with Crippen LogP contribution in [0.1, 0.15) is 91.4 Å². The zero-order valence-electron chi connectivity index (χ0n) is 14.8. The van der Waals surface area contributed by atoms with Gasteiger partial charge in [-0.15, -0.1) is 0 Å². The Labute approximate surface area is 133 Å². The number of hydrogen-bond donors (Lipinski definition) is 0. The molecule has 0 aromatic carbocycles. The van der Waals surface area contributed by atoms with Gasteiger partial charge in [0.15, 0.2) is 0 Å². The van der Waals surface area contributed by atoms with Crippen LogP contribution in [0.5, 0.6) is 0 Å². The Morgan fingerprint density at radius 3 is 1.48 bits per heavy atom. The normalized spacial score (nSPS) is 36.7. The van der Waals surface area contributed by atoms with Gasteiger partial charge in [0, 0.05) is 0 Å². The minimum atomic E-state index is 0.634. The van der Waals surface area contributed by atoms with E-state index in [0.717, 1.165) is 30.3 Å². The van der Waals surface area contributed by atoms with Gasteiger partial charge in [0.2, 0.25) is 0 Å². The monoisotopic (exact) mass is 294 g/mol. The van der Waals surface area contributed by atoms with Crippen LogP contribution in [0.3, 0.4) is 0 Å². The Hall–Kier alpha value is -0.0400. The van der Waals surface area contributed by atoms with Crippen molar-refractivity contribution in [2.75, 3.05) is 6.61 Å². The van der Waals surface area contributed by atoms with E-state index in [9.17, 15) is 0 Å². The van der Waals surface area contributed by atoms with Gasteiger partial charge in [-0.3, -0.25) is 0 Å². The fourth-order valence-electron chi connectivity index (χ4n) is 4.35. The van der Waals surface area contributed by atoms with Crippen LogP contribution in [0.15, 0.2) is 0 Å². The van der Waals surface area contributed by atoms with E-state index in [0.29, 0.717) is 6.10 Å². The first-order valence-electron chi connectivity index (χ1n) is 9.86. The molecule has 0 N–H and O–H groups in total. The number of hydrogen-bond acceptors (Lipinski definition) is 1. The van der Waals surface area contributed by atoms with Gasteiger partial charge in [-0.1, -0.05) is 59.3 Å². The summed E-state index contributed by atoms with van der Waals surface area (Å²) in [6.45, 7) is 7.79. The molecule has 0 aromatic heterocycles. The first kappa shape index (κ1) is 17.3. The second-order valence-corrected chi connectivity index (χ2v) is 7.87. The fourth-order valence-corrected chi connectivity index (χ4v) is 4.35. The largest absolute Gasteiger partial charge is 0.373 e. The van der Waals surface area contributed by atoms with Crippen LogP contribution in [0, 0.1) is 23.7 Å². The summed E-state index contributed by atoms with van der Waals surface area (Å²) in [5.41, 5.74) is 0. The molecule has 21 heavy (non-hydrogen) atoms. The average molecular weight is 295 g/mol. The number of fused-ring (bicyclic) bond motifs is 2. The van der Waals surface area contributed by atoms with Crippen molar-refractivity contribution >= 4 is 0 Å². The molecule has 4 saturated carbocycles. The maximum Gasteiger partial charge on any atom is 0.0807 e. The summed E-state index contributed by atoms with van der Waals surface area (Å²) in [5, 5.41) is 0. The summed E-state index contributed by atoms with van der Waals surface area (Å²) in [7, 11) is 0. The molecule has 2 bridgehead atoms. The fraction of sp³-hybridized carbons (Fsp3) is 1.00. The van der Waals surface area contributed by atoms with E-state index >= 15 is 0 Å². The van der Waals surface area contributed by atoms with E-state index in [1.54, 1.807) is 25.7 Å². The summed E-state index contributed by atoms with van der Waals surface area (Å²) in [5.74, 6) is 4.53. The molecule has 0 radical (unpaired) electrons. The summed E-state index contributed by atoms with van der Waals surface area (Å²) in [6, 6.07) is 0. The van der Waals surface area contributed by atoms with Crippen molar-refractivity contribution in [3.63, 3.8) is 0 Å². The van der Waals surface area contributed by atoms with Gasteiger partial charge in [-0.25, -0.2) is 0 Å². The van der Waals surface area contributed by atoms with Crippen LogP contribution in [-0.2, 0) is 4.74 Å². The molecule has 1 atom stereocenters. The Bertz CT molecular complexity index is 249. The molecule has 1 heterocycles. The van der Waals surface area contributed by atoms with Crippen molar-refractivity contribution < 1.29 is 4.74 Å². The summed E-state index contributed by atoms with van der Waals surface area (Å²) >= 11 is 0. The van der Waals surface area contributed by atoms with Crippen LogP contribution in [0.2, 0.25) is 0 Å². The maximum atomic E-state index is 4.86. The third-order valence-corrected chi connectivity index (χ3v) is 6.15. The molecule has 124 valence electrons. The first-order valence-corrected chi connectivity index (χ1v) is 9.86. The second-order valence-electron chi connectivity index (χ2n) is 7.87. The lowest BCUT2D eigenvalue weighted by molar-refractivity contribution is 0.0657. The molecule has 4 aliphatic carbocycles. The predicted molar refractivity (Wildman–Crippen MR) is 91.5 cm³/mol. The summed E-state index contributed by atoms with van der Waals surface area (Å²) in [6.07, 6.45) is 17.0. The van der Waals surface area contributed by atoms with Crippen molar-refractivity contribution in [1.29, 1.82) is 0 Å².